The molecule has 1 fully saturated rings. The fraction of sp³-hybridized carbons (Fsp3) is 1.00. The maximum atomic E-state index is 12.2. The summed E-state index contributed by atoms with van der Waals surface area (Å²) in [7, 11) is -1.75. The van der Waals surface area contributed by atoms with Gasteiger partial charge in [0.1, 0.15) is 0 Å². The van der Waals surface area contributed by atoms with Gasteiger partial charge in [0.25, 0.3) is 0 Å². The zero-order chi connectivity index (χ0) is 12.6. The van der Waals surface area contributed by atoms with Crippen molar-refractivity contribution in [2.75, 3.05) is 7.05 Å². The van der Waals surface area contributed by atoms with Crippen molar-refractivity contribution in [1.82, 2.24) is 4.31 Å². The minimum atomic E-state index is -3.34. The van der Waals surface area contributed by atoms with Crippen LogP contribution in [0.1, 0.15) is 46.5 Å². The second-order valence-electron chi connectivity index (χ2n) is 5.55. The Bertz CT molecular complexity index is 332. The van der Waals surface area contributed by atoms with E-state index in [0.717, 1.165) is 19.3 Å². The van der Waals surface area contributed by atoms with Crippen molar-refractivity contribution < 1.29 is 13.5 Å². The van der Waals surface area contributed by atoms with Gasteiger partial charge in [-0.05, 0) is 33.6 Å². The molecule has 0 aromatic carbocycles. The monoisotopic (exact) mass is 249 g/mol. The van der Waals surface area contributed by atoms with Gasteiger partial charge in [0.2, 0.25) is 10.0 Å². The number of hydrogen-bond donors (Lipinski definition) is 1. The van der Waals surface area contributed by atoms with Crippen LogP contribution in [0.5, 0.6) is 0 Å². The van der Waals surface area contributed by atoms with Gasteiger partial charge in [0, 0.05) is 7.05 Å². The van der Waals surface area contributed by atoms with Crippen LogP contribution >= 0.6 is 0 Å². The second kappa shape index (κ2) is 4.63. The van der Waals surface area contributed by atoms with E-state index in [1.54, 1.807) is 27.8 Å². The molecule has 0 heterocycles. The third kappa shape index (κ3) is 2.57. The number of hydrogen-bond acceptors (Lipinski definition) is 3. The molecule has 0 amide bonds. The molecular formula is C11H23NO3S. The quantitative estimate of drug-likeness (QED) is 0.803. The molecule has 0 spiro atoms. The molecule has 2 atom stereocenters. The van der Waals surface area contributed by atoms with Gasteiger partial charge in [-0.1, -0.05) is 12.8 Å². The van der Waals surface area contributed by atoms with Gasteiger partial charge < -0.3 is 5.11 Å². The van der Waals surface area contributed by atoms with Gasteiger partial charge >= 0.3 is 0 Å². The molecule has 1 N–H and O–H groups in total. The van der Waals surface area contributed by atoms with Crippen molar-refractivity contribution in [3.8, 4) is 0 Å². The second-order valence-corrected chi connectivity index (χ2v) is 8.30. The van der Waals surface area contributed by atoms with Gasteiger partial charge in [-0.25, -0.2) is 8.42 Å². The summed E-state index contributed by atoms with van der Waals surface area (Å²) in [6, 6.07) is -0.252. The summed E-state index contributed by atoms with van der Waals surface area (Å²) in [5, 5.41) is 9.86. The van der Waals surface area contributed by atoms with E-state index >= 15 is 0 Å². The average molecular weight is 249 g/mol. The fourth-order valence-corrected chi connectivity index (χ4v) is 3.59. The van der Waals surface area contributed by atoms with Crippen LogP contribution < -0.4 is 0 Å². The van der Waals surface area contributed by atoms with Gasteiger partial charge in [0.15, 0.2) is 0 Å². The Balaban J connectivity index is 2.89. The van der Waals surface area contributed by atoms with Crippen LogP contribution in [0, 0.1) is 0 Å². The maximum absolute atomic E-state index is 12.2. The summed E-state index contributed by atoms with van der Waals surface area (Å²) in [5.41, 5.74) is 0. The SMILES string of the molecule is CN(C1CCCCC1O)S(=O)(=O)C(C)(C)C. The predicted molar refractivity (Wildman–Crippen MR) is 64.7 cm³/mol. The Hall–Kier alpha value is -0.130. The largest absolute Gasteiger partial charge is 0.391 e. The Kier molecular flexibility index (Phi) is 4.03. The smallest absolute Gasteiger partial charge is 0.219 e. The summed E-state index contributed by atoms with van der Waals surface area (Å²) >= 11 is 0. The van der Waals surface area contributed by atoms with Gasteiger partial charge in [0.05, 0.1) is 16.9 Å². The zero-order valence-corrected chi connectivity index (χ0v) is 11.4. The molecule has 16 heavy (non-hydrogen) atoms. The van der Waals surface area contributed by atoms with Gasteiger partial charge in [-0.15, -0.1) is 0 Å². The molecule has 0 aliphatic heterocycles. The maximum Gasteiger partial charge on any atom is 0.219 e. The van der Waals surface area contributed by atoms with Crippen molar-refractivity contribution in [1.29, 1.82) is 0 Å². The van der Waals surface area contributed by atoms with E-state index in [4.69, 9.17) is 0 Å². The summed E-state index contributed by atoms with van der Waals surface area (Å²) in [5.74, 6) is 0. The number of nitrogens with zero attached hydrogens (tertiary/aromatic N) is 1. The third-order valence-corrected chi connectivity index (χ3v) is 5.89. The molecule has 5 heteroatoms. The molecule has 96 valence electrons. The molecule has 1 aliphatic rings. The molecular weight excluding hydrogens is 226 g/mol. The molecule has 0 aromatic heterocycles. The molecule has 1 aliphatic carbocycles. The standard InChI is InChI=1S/C11H23NO3S/c1-11(2,3)16(14,15)12(4)9-7-5-6-8-10(9)13/h9-10,13H,5-8H2,1-4H3. The molecule has 0 aromatic rings. The lowest BCUT2D eigenvalue weighted by Crippen LogP contribution is -2.51. The molecule has 2 unspecified atom stereocenters. The lowest BCUT2D eigenvalue weighted by Gasteiger charge is -2.37. The molecule has 4 nitrogen and oxygen atoms in total. The molecule has 0 saturated heterocycles. The topological polar surface area (TPSA) is 57.6 Å². The highest BCUT2D eigenvalue weighted by Gasteiger charge is 2.39. The van der Waals surface area contributed by atoms with E-state index in [0.29, 0.717) is 6.42 Å². The highest BCUT2D eigenvalue weighted by Crippen LogP contribution is 2.28. The first-order chi connectivity index (χ1) is 7.18. The molecule has 0 radical (unpaired) electrons. The van der Waals surface area contributed by atoms with E-state index < -0.39 is 20.9 Å². The van der Waals surface area contributed by atoms with Crippen molar-refractivity contribution in [3.05, 3.63) is 0 Å². The Morgan fingerprint density at radius 1 is 1.19 bits per heavy atom. The molecule has 1 rings (SSSR count). The first-order valence-electron chi connectivity index (χ1n) is 5.83. The van der Waals surface area contributed by atoms with E-state index in [2.05, 4.69) is 0 Å². The predicted octanol–water partition coefficient (Wildman–Crippen LogP) is 1.35. The number of likely N-dealkylation sites (N-methyl/N-ethyl adjacent to an activating group) is 1. The van der Waals surface area contributed by atoms with Crippen LogP contribution in [0.2, 0.25) is 0 Å². The molecule has 0 bridgehead atoms. The van der Waals surface area contributed by atoms with Gasteiger partial charge in [-0.2, -0.15) is 4.31 Å². The highest BCUT2D eigenvalue weighted by atomic mass is 32.2. The molecule has 1 saturated carbocycles. The highest BCUT2D eigenvalue weighted by molar-refractivity contribution is 7.90. The van der Waals surface area contributed by atoms with Crippen LogP contribution in [0.4, 0.5) is 0 Å². The normalized spacial score (nSPS) is 28.4. The summed E-state index contributed by atoms with van der Waals surface area (Å²) in [6.45, 7) is 5.07. The number of aliphatic hydroxyl groups excluding tert-OH is 1. The zero-order valence-electron chi connectivity index (χ0n) is 10.6. The van der Waals surface area contributed by atoms with Crippen LogP contribution in [0.25, 0.3) is 0 Å². The number of sulfonamides is 1. The van der Waals surface area contributed by atoms with E-state index in [1.807, 2.05) is 0 Å². The Morgan fingerprint density at radius 2 is 1.69 bits per heavy atom. The number of aliphatic hydroxyl groups is 1. The average Bonchev–Trinajstić information content (AvgIpc) is 2.15. The van der Waals surface area contributed by atoms with Crippen molar-refractivity contribution in [3.63, 3.8) is 0 Å². The van der Waals surface area contributed by atoms with E-state index in [1.165, 1.54) is 4.31 Å². The summed E-state index contributed by atoms with van der Waals surface area (Å²) in [6.07, 6.45) is 2.92. The van der Waals surface area contributed by atoms with Crippen molar-refractivity contribution in [2.24, 2.45) is 0 Å². The van der Waals surface area contributed by atoms with E-state index in [-0.39, 0.29) is 6.04 Å². The third-order valence-electron chi connectivity index (χ3n) is 3.31. The Labute approximate surface area is 98.7 Å². The summed E-state index contributed by atoms with van der Waals surface area (Å²) < 4.78 is 25.0. The summed E-state index contributed by atoms with van der Waals surface area (Å²) in [4.78, 5) is 0. The first kappa shape index (κ1) is 13.9. The lowest BCUT2D eigenvalue weighted by molar-refractivity contribution is 0.0630. The lowest BCUT2D eigenvalue weighted by atomic mass is 9.93. The minimum Gasteiger partial charge on any atom is -0.391 e. The Morgan fingerprint density at radius 3 is 2.12 bits per heavy atom. The van der Waals surface area contributed by atoms with Crippen LogP contribution in [0.15, 0.2) is 0 Å². The van der Waals surface area contributed by atoms with Crippen molar-refractivity contribution >= 4 is 10.0 Å². The van der Waals surface area contributed by atoms with Gasteiger partial charge in [-0.3, -0.25) is 0 Å². The van der Waals surface area contributed by atoms with E-state index in [9.17, 15) is 13.5 Å². The minimum absolute atomic E-state index is 0.252. The van der Waals surface area contributed by atoms with Crippen LogP contribution in [-0.4, -0.2) is 41.8 Å². The first-order valence-corrected chi connectivity index (χ1v) is 7.27. The number of rotatable bonds is 2. The van der Waals surface area contributed by atoms with Crippen LogP contribution in [0.3, 0.4) is 0 Å². The van der Waals surface area contributed by atoms with Crippen molar-refractivity contribution in [2.45, 2.75) is 63.3 Å². The van der Waals surface area contributed by atoms with Crippen LogP contribution in [-0.2, 0) is 10.0 Å². The fourth-order valence-electron chi connectivity index (χ4n) is 2.13.